The molecule has 0 aromatic heterocycles. The predicted octanol–water partition coefficient (Wildman–Crippen LogP) is 10.4. The predicted molar refractivity (Wildman–Crippen MR) is 146 cm³/mol. The van der Waals surface area contributed by atoms with Gasteiger partial charge in [0.1, 0.15) is 6.17 Å². The molecule has 4 saturated carbocycles. The third-order valence-electron chi connectivity index (χ3n) is 11.5. The van der Waals surface area contributed by atoms with Gasteiger partial charge in [0.25, 0.3) is 0 Å². The Kier molecular flexibility index (Phi) is 10.2. The Labute approximate surface area is 217 Å². The van der Waals surface area contributed by atoms with E-state index in [9.17, 15) is 4.79 Å². The fourth-order valence-corrected chi connectivity index (χ4v) is 9.33. The zero-order valence-electron chi connectivity index (χ0n) is 23.4. The molecule has 4 atom stereocenters. The number of hydrogen-bond acceptors (Lipinski definition) is 1. The van der Waals surface area contributed by atoms with E-state index in [1.807, 2.05) is 0 Å². The Balaban J connectivity index is 1.35. The molecular weight excluding hydrogens is 431 g/mol. The number of Topliss-reactive ketones (excluding diaryl/α,β-unsaturated/α-hetero) is 1. The number of halogens is 1. The van der Waals surface area contributed by atoms with Crippen molar-refractivity contribution < 1.29 is 9.18 Å². The molecule has 0 aromatic carbocycles. The second-order valence-electron chi connectivity index (χ2n) is 13.5. The van der Waals surface area contributed by atoms with Crippen LogP contribution < -0.4 is 0 Å². The van der Waals surface area contributed by atoms with Crippen LogP contribution in [0.5, 0.6) is 0 Å². The van der Waals surface area contributed by atoms with E-state index in [1.54, 1.807) is 0 Å². The molecule has 4 fully saturated rings. The van der Waals surface area contributed by atoms with Crippen molar-refractivity contribution in [3.8, 4) is 0 Å². The molecule has 0 radical (unpaired) electrons. The monoisotopic (exact) mass is 488 g/mol. The van der Waals surface area contributed by atoms with Gasteiger partial charge >= 0.3 is 0 Å². The molecular formula is C33H57FO. The Morgan fingerprint density at radius 1 is 0.714 bits per heavy atom. The van der Waals surface area contributed by atoms with Crippen LogP contribution in [0, 0.1) is 34.5 Å². The van der Waals surface area contributed by atoms with Crippen molar-refractivity contribution in [3.05, 3.63) is 0 Å². The minimum absolute atomic E-state index is 0.324. The second kappa shape index (κ2) is 12.9. The largest absolute Gasteiger partial charge is 0.298 e. The summed E-state index contributed by atoms with van der Waals surface area (Å²) in [4.78, 5) is 13.9. The van der Waals surface area contributed by atoms with Gasteiger partial charge in [0.05, 0.1) is 10.8 Å². The molecule has 35 heavy (non-hydrogen) atoms. The summed E-state index contributed by atoms with van der Waals surface area (Å²) >= 11 is 0. The smallest absolute Gasteiger partial charge is 0.151 e. The number of ketones is 1. The lowest BCUT2D eigenvalue weighted by atomic mass is 9.39. The summed E-state index contributed by atoms with van der Waals surface area (Å²) in [5.41, 5.74) is -1.16. The zero-order valence-corrected chi connectivity index (χ0v) is 23.4. The van der Waals surface area contributed by atoms with E-state index >= 15 is 4.39 Å². The van der Waals surface area contributed by atoms with Crippen LogP contribution in [-0.2, 0) is 4.79 Å². The number of alkyl halides is 1. The number of carbonyl (C=O) groups is 1. The number of hydrogen-bond donors (Lipinski definition) is 0. The molecule has 0 bridgehead atoms. The quantitative estimate of drug-likeness (QED) is 0.250. The third-order valence-corrected chi connectivity index (χ3v) is 11.5. The highest BCUT2D eigenvalue weighted by Crippen LogP contribution is 2.68. The van der Waals surface area contributed by atoms with Gasteiger partial charge < -0.3 is 0 Å². The molecule has 0 aliphatic heterocycles. The van der Waals surface area contributed by atoms with Gasteiger partial charge in [0.15, 0.2) is 5.78 Å². The van der Waals surface area contributed by atoms with Gasteiger partial charge in [0, 0.05) is 0 Å². The minimum atomic E-state index is -0.844. The van der Waals surface area contributed by atoms with Crippen molar-refractivity contribution in [1.82, 2.24) is 0 Å². The van der Waals surface area contributed by atoms with Crippen molar-refractivity contribution in [1.29, 1.82) is 0 Å². The van der Waals surface area contributed by atoms with Crippen molar-refractivity contribution in [2.24, 2.45) is 34.5 Å². The molecule has 0 heterocycles. The fourth-order valence-electron chi connectivity index (χ4n) is 9.33. The highest BCUT2D eigenvalue weighted by atomic mass is 19.1. The van der Waals surface area contributed by atoms with Crippen molar-refractivity contribution in [3.63, 3.8) is 0 Å². The lowest BCUT2D eigenvalue weighted by molar-refractivity contribution is -0.205. The lowest BCUT2D eigenvalue weighted by Crippen LogP contribution is -2.71. The summed E-state index contributed by atoms with van der Waals surface area (Å²) in [7, 11) is 0. The maximum Gasteiger partial charge on any atom is 0.151 e. The number of carbonyl (C=O) groups excluding carboxylic acids is 1. The first-order valence-electron chi connectivity index (χ1n) is 16.3. The van der Waals surface area contributed by atoms with E-state index in [1.165, 1.54) is 96.3 Å². The standard InChI is InChI=1S/C33H57FO/c1-3-5-7-9-12-16-29-25-28(27-19-17-26(18-20-27)15-11-8-6-4-2)21-24-33(29)30(34)32(31(33)35)22-13-10-14-23-32/h26-30H,3-25H2,1-2H3/t26?,27?,28?,29-,30+,33-/m0/s1. The summed E-state index contributed by atoms with van der Waals surface area (Å²) in [6, 6.07) is 0. The van der Waals surface area contributed by atoms with Crippen LogP contribution in [0.1, 0.15) is 162 Å². The molecule has 0 amide bonds. The number of unbranched alkanes of at least 4 members (excludes halogenated alkanes) is 7. The summed E-state index contributed by atoms with van der Waals surface area (Å²) in [5, 5.41) is 0. The molecule has 4 aliphatic carbocycles. The molecule has 2 heteroatoms. The highest BCUT2D eigenvalue weighted by molar-refractivity contribution is 5.99. The summed E-state index contributed by atoms with van der Waals surface area (Å²) in [5.74, 6) is 3.28. The van der Waals surface area contributed by atoms with Gasteiger partial charge in [-0.15, -0.1) is 0 Å². The first-order valence-corrected chi connectivity index (χ1v) is 16.3. The minimum Gasteiger partial charge on any atom is -0.298 e. The average molecular weight is 489 g/mol. The molecule has 4 rings (SSSR count). The lowest BCUT2D eigenvalue weighted by Gasteiger charge is -2.64. The van der Waals surface area contributed by atoms with E-state index in [-0.39, 0.29) is 0 Å². The SMILES string of the molecule is CCCCCCC[C@H]1CC(C2CCC(CCCCCC)CC2)CC[C@]12C(=O)C1(CCCCC1)[C@H]2F. The van der Waals surface area contributed by atoms with Gasteiger partial charge in [-0.1, -0.05) is 110 Å². The first-order chi connectivity index (χ1) is 17.1. The molecule has 1 nitrogen and oxygen atoms in total. The van der Waals surface area contributed by atoms with E-state index in [2.05, 4.69) is 13.8 Å². The van der Waals surface area contributed by atoms with E-state index in [0.717, 1.165) is 69.1 Å². The fraction of sp³-hybridized carbons (Fsp3) is 0.970. The van der Waals surface area contributed by atoms with Gasteiger partial charge in [-0.3, -0.25) is 4.79 Å². The van der Waals surface area contributed by atoms with E-state index in [4.69, 9.17) is 0 Å². The van der Waals surface area contributed by atoms with Crippen molar-refractivity contribution >= 4 is 5.78 Å². The third kappa shape index (κ3) is 5.72. The van der Waals surface area contributed by atoms with Crippen LogP contribution in [0.4, 0.5) is 4.39 Å². The number of rotatable bonds is 12. The topological polar surface area (TPSA) is 17.1 Å². The Hall–Kier alpha value is -0.400. The Morgan fingerprint density at radius 2 is 1.34 bits per heavy atom. The Morgan fingerprint density at radius 3 is 2.00 bits per heavy atom. The first kappa shape index (κ1) is 27.6. The second-order valence-corrected chi connectivity index (χ2v) is 13.5. The normalized spacial score (nSPS) is 37.0. The average Bonchev–Trinajstić information content (AvgIpc) is 2.91. The maximum absolute atomic E-state index is 16.3. The summed E-state index contributed by atoms with van der Waals surface area (Å²) in [6.07, 6.45) is 27.4. The summed E-state index contributed by atoms with van der Waals surface area (Å²) < 4.78 is 16.3. The van der Waals surface area contributed by atoms with Gasteiger partial charge in [-0.2, -0.15) is 0 Å². The van der Waals surface area contributed by atoms with Crippen LogP contribution in [0.25, 0.3) is 0 Å². The molecule has 4 aliphatic rings. The van der Waals surface area contributed by atoms with Crippen molar-refractivity contribution in [2.45, 2.75) is 168 Å². The molecule has 0 saturated heterocycles. The van der Waals surface area contributed by atoms with E-state index < -0.39 is 17.0 Å². The van der Waals surface area contributed by atoms with E-state index in [0.29, 0.717) is 11.7 Å². The van der Waals surface area contributed by atoms with Gasteiger partial charge in [0.2, 0.25) is 0 Å². The van der Waals surface area contributed by atoms with Gasteiger partial charge in [-0.05, 0) is 75.0 Å². The van der Waals surface area contributed by atoms with Crippen LogP contribution in [0.15, 0.2) is 0 Å². The molecule has 2 spiro atoms. The Bertz CT molecular complexity index is 643. The zero-order chi connectivity index (χ0) is 24.7. The van der Waals surface area contributed by atoms with Crippen LogP contribution in [-0.4, -0.2) is 12.0 Å². The molecule has 0 N–H and O–H groups in total. The molecule has 0 aromatic rings. The molecule has 1 unspecified atom stereocenters. The van der Waals surface area contributed by atoms with Crippen molar-refractivity contribution in [2.75, 3.05) is 0 Å². The molecule has 202 valence electrons. The van der Waals surface area contributed by atoms with Crippen LogP contribution >= 0.6 is 0 Å². The summed E-state index contributed by atoms with van der Waals surface area (Å²) in [6.45, 7) is 4.57. The highest BCUT2D eigenvalue weighted by Gasteiger charge is 2.73. The maximum atomic E-state index is 16.3. The van der Waals surface area contributed by atoms with Crippen LogP contribution in [0.3, 0.4) is 0 Å². The van der Waals surface area contributed by atoms with Gasteiger partial charge in [-0.25, -0.2) is 4.39 Å². The van der Waals surface area contributed by atoms with Crippen LogP contribution in [0.2, 0.25) is 0 Å².